The molecule has 5 heteroatoms. The van der Waals surface area contributed by atoms with Gasteiger partial charge in [0.05, 0.1) is 6.54 Å². The van der Waals surface area contributed by atoms with Crippen LogP contribution in [-0.2, 0) is 6.54 Å². The first-order chi connectivity index (χ1) is 5.09. The van der Waals surface area contributed by atoms with E-state index in [0.717, 1.165) is 0 Å². The SMILES string of the molecule is Cc1nn(CC(C)N)c(=O)o1. The molecule has 0 aromatic carbocycles. The van der Waals surface area contributed by atoms with Gasteiger partial charge in [0, 0.05) is 13.0 Å². The Kier molecular flexibility index (Phi) is 2.09. The molecule has 1 aromatic heterocycles. The largest absolute Gasteiger partial charge is 0.437 e. The molecule has 1 heterocycles. The Morgan fingerprint density at radius 1 is 1.82 bits per heavy atom. The molecule has 0 amide bonds. The monoisotopic (exact) mass is 157 g/mol. The summed E-state index contributed by atoms with van der Waals surface area (Å²) >= 11 is 0. The van der Waals surface area contributed by atoms with Crippen molar-refractivity contribution in [2.45, 2.75) is 26.4 Å². The summed E-state index contributed by atoms with van der Waals surface area (Å²) in [5, 5.41) is 3.81. The molecule has 2 N–H and O–H groups in total. The van der Waals surface area contributed by atoms with Gasteiger partial charge in [-0.1, -0.05) is 0 Å². The molecule has 5 nitrogen and oxygen atoms in total. The molecule has 1 atom stereocenters. The zero-order chi connectivity index (χ0) is 8.43. The lowest BCUT2D eigenvalue weighted by Gasteiger charge is -2.00. The molecular weight excluding hydrogens is 146 g/mol. The van der Waals surface area contributed by atoms with Gasteiger partial charge >= 0.3 is 5.76 Å². The van der Waals surface area contributed by atoms with E-state index in [1.54, 1.807) is 13.8 Å². The lowest BCUT2D eigenvalue weighted by atomic mass is 10.4. The van der Waals surface area contributed by atoms with Crippen molar-refractivity contribution in [3.05, 3.63) is 16.4 Å². The van der Waals surface area contributed by atoms with Crippen molar-refractivity contribution in [2.24, 2.45) is 5.73 Å². The summed E-state index contributed by atoms with van der Waals surface area (Å²) in [5.74, 6) is -0.0737. The fourth-order valence-electron chi connectivity index (χ4n) is 0.798. The van der Waals surface area contributed by atoms with Crippen LogP contribution in [0, 0.1) is 6.92 Å². The van der Waals surface area contributed by atoms with E-state index < -0.39 is 5.76 Å². The van der Waals surface area contributed by atoms with Crippen LogP contribution in [0.3, 0.4) is 0 Å². The van der Waals surface area contributed by atoms with Crippen molar-refractivity contribution < 1.29 is 4.42 Å². The van der Waals surface area contributed by atoms with E-state index >= 15 is 0 Å². The van der Waals surface area contributed by atoms with E-state index in [4.69, 9.17) is 5.73 Å². The van der Waals surface area contributed by atoms with Gasteiger partial charge in [-0.3, -0.25) is 0 Å². The van der Waals surface area contributed by atoms with Gasteiger partial charge in [-0.05, 0) is 6.92 Å². The quantitative estimate of drug-likeness (QED) is 0.627. The standard InChI is InChI=1S/C6H11N3O2/c1-4(7)3-9-6(10)11-5(2)8-9/h4H,3,7H2,1-2H3. The van der Waals surface area contributed by atoms with Gasteiger partial charge in [-0.25, -0.2) is 4.79 Å². The molecule has 0 bridgehead atoms. The Morgan fingerprint density at radius 2 is 2.45 bits per heavy atom. The van der Waals surface area contributed by atoms with Crippen molar-refractivity contribution in [3.63, 3.8) is 0 Å². The van der Waals surface area contributed by atoms with Crippen LogP contribution in [0.5, 0.6) is 0 Å². The van der Waals surface area contributed by atoms with Gasteiger partial charge in [0.25, 0.3) is 0 Å². The van der Waals surface area contributed by atoms with Gasteiger partial charge in [0.2, 0.25) is 5.89 Å². The second kappa shape index (κ2) is 2.87. The van der Waals surface area contributed by atoms with Crippen molar-refractivity contribution in [2.75, 3.05) is 0 Å². The zero-order valence-electron chi connectivity index (χ0n) is 6.57. The highest BCUT2D eigenvalue weighted by atomic mass is 16.4. The maximum atomic E-state index is 10.9. The number of nitrogens with two attached hydrogens (primary N) is 1. The third kappa shape index (κ3) is 1.91. The average molecular weight is 157 g/mol. The summed E-state index contributed by atoms with van der Waals surface area (Å²) < 4.78 is 5.88. The second-order valence-electron chi connectivity index (χ2n) is 2.55. The van der Waals surface area contributed by atoms with E-state index in [0.29, 0.717) is 12.4 Å². The van der Waals surface area contributed by atoms with Crippen LogP contribution in [-0.4, -0.2) is 15.8 Å². The number of hydrogen-bond donors (Lipinski definition) is 1. The van der Waals surface area contributed by atoms with E-state index in [1.165, 1.54) is 4.68 Å². The minimum atomic E-state index is -0.445. The minimum absolute atomic E-state index is 0.0859. The predicted molar refractivity (Wildman–Crippen MR) is 39.1 cm³/mol. The molecule has 0 radical (unpaired) electrons. The van der Waals surface area contributed by atoms with Crippen LogP contribution in [0.15, 0.2) is 9.21 Å². The molecular formula is C6H11N3O2. The minimum Gasteiger partial charge on any atom is -0.393 e. The summed E-state index contributed by atoms with van der Waals surface area (Å²) in [7, 11) is 0. The highest BCUT2D eigenvalue weighted by molar-refractivity contribution is 4.68. The van der Waals surface area contributed by atoms with Crippen molar-refractivity contribution in [3.8, 4) is 0 Å². The van der Waals surface area contributed by atoms with Gasteiger partial charge in [-0.2, -0.15) is 4.68 Å². The Labute approximate surface area is 63.8 Å². The van der Waals surface area contributed by atoms with E-state index in [9.17, 15) is 4.79 Å². The van der Waals surface area contributed by atoms with Gasteiger partial charge in [0.15, 0.2) is 0 Å². The molecule has 0 spiro atoms. The van der Waals surface area contributed by atoms with Crippen LogP contribution in [0.25, 0.3) is 0 Å². The zero-order valence-corrected chi connectivity index (χ0v) is 6.57. The average Bonchev–Trinajstić information content (AvgIpc) is 2.09. The third-order valence-electron chi connectivity index (χ3n) is 1.17. The highest BCUT2D eigenvalue weighted by Crippen LogP contribution is 1.86. The number of hydrogen-bond acceptors (Lipinski definition) is 4. The maximum Gasteiger partial charge on any atom is 0.437 e. The summed E-state index contributed by atoms with van der Waals surface area (Å²) in [6, 6.07) is -0.0859. The summed E-state index contributed by atoms with van der Waals surface area (Å²) in [6.45, 7) is 3.83. The first kappa shape index (κ1) is 8.00. The summed E-state index contributed by atoms with van der Waals surface area (Å²) in [5.41, 5.74) is 5.46. The van der Waals surface area contributed by atoms with Crippen LogP contribution in [0.4, 0.5) is 0 Å². The van der Waals surface area contributed by atoms with Crippen LogP contribution in [0.2, 0.25) is 0 Å². The fourth-order valence-corrected chi connectivity index (χ4v) is 0.798. The molecule has 0 saturated carbocycles. The third-order valence-corrected chi connectivity index (χ3v) is 1.17. The van der Waals surface area contributed by atoms with E-state index in [-0.39, 0.29) is 6.04 Å². The molecule has 1 rings (SSSR count). The molecule has 0 fully saturated rings. The Balaban J connectivity index is 2.86. The lowest BCUT2D eigenvalue weighted by molar-refractivity contribution is 0.446. The first-order valence-electron chi connectivity index (χ1n) is 3.39. The Bertz CT molecular complexity index is 286. The van der Waals surface area contributed by atoms with E-state index in [2.05, 4.69) is 9.52 Å². The fraction of sp³-hybridized carbons (Fsp3) is 0.667. The summed E-state index contributed by atoms with van der Waals surface area (Å²) in [4.78, 5) is 10.9. The number of nitrogens with zero attached hydrogens (tertiary/aromatic N) is 2. The van der Waals surface area contributed by atoms with Crippen LogP contribution in [0.1, 0.15) is 12.8 Å². The van der Waals surface area contributed by atoms with Crippen molar-refractivity contribution in [1.29, 1.82) is 0 Å². The summed E-state index contributed by atoms with van der Waals surface area (Å²) in [6.07, 6.45) is 0. The number of aryl methyl sites for hydroxylation is 1. The molecule has 0 saturated heterocycles. The van der Waals surface area contributed by atoms with E-state index in [1.807, 2.05) is 0 Å². The Hall–Kier alpha value is -1.10. The maximum absolute atomic E-state index is 10.9. The van der Waals surface area contributed by atoms with Gasteiger partial charge < -0.3 is 10.2 Å². The first-order valence-corrected chi connectivity index (χ1v) is 3.39. The molecule has 0 aliphatic heterocycles. The topological polar surface area (TPSA) is 74.1 Å². The van der Waals surface area contributed by atoms with Crippen LogP contribution < -0.4 is 11.5 Å². The highest BCUT2D eigenvalue weighted by Gasteiger charge is 2.04. The predicted octanol–water partition coefficient (Wildman–Crippen LogP) is -0.508. The molecule has 0 aliphatic carbocycles. The lowest BCUT2D eigenvalue weighted by Crippen LogP contribution is -2.28. The Morgan fingerprint density at radius 3 is 2.82 bits per heavy atom. The molecule has 1 unspecified atom stereocenters. The van der Waals surface area contributed by atoms with Crippen LogP contribution >= 0.6 is 0 Å². The molecule has 62 valence electrons. The number of aromatic nitrogens is 2. The molecule has 1 aromatic rings. The smallest absolute Gasteiger partial charge is 0.393 e. The van der Waals surface area contributed by atoms with Gasteiger partial charge in [-0.15, -0.1) is 5.10 Å². The van der Waals surface area contributed by atoms with Gasteiger partial charge in [0.1, 0.15) is 0 Å². The second-order valence-corrected chi connectivity index (χ2v) is 2.55. The van der Waals surface area contributed by atoms with Crippen molar-refractivity contribution >= 4 is 0 Å². The number of rotatable bonds is 2. The molecule has 0 aliphatic rings. The molecule has 11 heavy (non-hydrogen) atoms. The van der Waals surface area contributed by atoms with Crippen molar-refractivity contribution in [1.82, 2.24) is 9.78 Å². The normalized spacial score (nSPS) is 13.4.